The van der Waals surface area contributed by atoms with Gasteiger partial charge in [0.05, 0.1) is 13.7 Å². The summed E-state index contributed by atoms with van der Waals surface area (Å²) >= 11 is 0. The third-order valence-corrected chi connectivity index (χ3v) is 3.50. The number of nitrogens with one attached hydrogen (secondary N) is 1. The first-order chi connectivity index (χ1) is 11.2. The number of carbonyl (C=O) groups excluding carboxylic acids is 1. The fourth-order valence-electron chi connectivity index (χ4n) is 2.33. The summed E-state index contributed by atoms with van der Waals surface area (Å²) < 4.78 is 10.3. The molecule has 2 rings (SSSR count). The minimum Gasteiger partial charge on any atom is -0.497 e. The molecule has 1 atom stereocenters. The first-order valence-corrected chi connectivity index (χ1v) is 7.56. The first-order valence-electron chi connectivity index (χ1n) is 7.56. The zero-order valence-corrected chi connectivity index (χ0v) is 13.5. The van der Waals surface area contributed by atoms with Gasteiger partial charge >= 0.3 is 0 Å². The highest BCUT2D eigenvalue weighted by Gasteiger charge is 2.23. The Kier molecular flexibility index (Phi) is 6.59. The van der Waals surface area contributed by atoms with Crippen molar-refractivity contribution in [3.05, 3.63) is 60.2 Å². The average molecular weight is 315 g/mol. The van der Waals surface area contributed by atoms with Crippen LogP contribution < -0.4 is 15.4 Å². The molecule has 2 aromatic carbocycles. The number of hydrogen-bond donors (Lipinski definition) is 2. The standard InChI is InChI=1S/C18H22N2O3/c1-22-12-11-19-17(14-7-4-3-5-8-14)18(21)20-15-9-6-10-16(13-15)23-2/h3-10,13,17,19H,11-12H2,1-2H3,(H,20,21)/p+1/t17-/m0/s1. The van der Waals surface area contributed by atoms with Crippen molar-refractivity contribution in [1.82, 2.24) is 0 Å². The zero-order chi connectivity index (χ0) is 16.5. The summed E-state index contributed by atoms with van der Waals surface area (Å²) in [6.45, 7) is 1.30. The molecule has 23 heavy (non-hydrogen) atoms. The largest absolute Gasteiger partial charge is 0.497 e. The van der Waals surface area contributed by atoms with Gasteiger partial charge in [-0.3, -0.25) is 4.79 Å². The Bertz CT molecular complexity index is 617. The zero-order valence-electron chi connectivity index (χ0n) is 13.5. The average Bonchev–Trinajstić information content (AvgIpc) is 2.59. The number of carbonyl (C=O) groups is 1. The number of quaternary nitrogens is 1. The van der Waals surface area contributed by atoms with Crippen LogP contribution in [0.2, 0.25) is 0 Å². The van der Waals surface area contributed by atoms with E-state index in [9.17, 15) is 4.79 Å². The second-order valence-corrected chi connectivity index (χ2v) is 5.13. The van der Waals surface area contributed by atoms with E-state index < -0.39 is 0 Å². The molecular formula is C18H23N2O3+. The lowest BCUT2D eigenvalue weighted by Crippen LogP contribution is -2.88. The van der Waals surface area contributed by atoms with Crippen molar-refractivity contribution < 1.29 is 19.6 Å². The predicted octanol–water partition coefficient (Wildman–Crippen LogP) is 1.58. The molecule has 0 spiro atoms. The molecule has 0 saturated carbocycles. The normalized spacial score (nSPS) is 11.7. The molecule has 3 N–H and O–H groups in total. The van der Waals surface area contributed by atoms with Crippen LogP contribution in [0, 0.1) is 0 Å². The van der Waals surface area contributed by atoms with Crippen molar-refractivity contribution in [3.8, 4) is 5.75 Å². The van der Waals surface area contributed by atoms with Crippen molar-refractivity contribution in [3.63, 3.8) is 0 Å². The van der Waals surface area contributed by atoms with Gasteiger partial charge in [-0.15, -0.1) is 0 Å². The van der Waals surface area contributed by atoms with Crippen LogP contribution in [-0.2, 0) is 9.53 Å². The SMILES string of the molecule is COCC[NH2+][C@H](C(=O)Nc1cccc(OC)c1)c1ccccc1. The summed E-state index contributed by atoms with van der Waals surface area (Å²) in [5.41, 5.74) is 1.68. The number of rotatable bonds is 8. The van der Waals surface area contributed by atoms with Gasteiger partial charge in [-0.2, -0.15) is 0 Å². The van der Waals surface area contributed by atoms with Crippen molar-refractivity contribution in [2.75, 3.05) is 32.7 Å². The molecule has 1 amide bonds. The van der Waals surface area contributed by atoms with Crippen LogP contribution >= 0.6 is 0 Å². The molecular weight excluding hydrogens is 292 g/mol. The van der Waals surface area contributed by atoms with Crippen molar-refractivity contribution in [1.29, 1.82) is 0 Å². The molecule has 0 fully saturated rings. The first kappa shape index (κ1) is 17.0. The number of nitrogens with two attached hydrogens (primary N) is 1. The van der Waals surface area contributed by atoms with Crippen LogP contribution in [0.25, 0.3) is 0 Å². The Balaban J connectivity index is 2.12. The highest BCUT2D eigenvalue weighted by Crippen LogP contribution is 2.18. The molecule has 122 valence electrons. The van der Waals surface area contributed by atoms with Gasteiger partial charge in [-0.05, 0) is 12.1 Å². The topological polar surface area (TPSA) is 64.2 Å². The fraction of sp³-hybridized carbons (Fsp3) is 0.278. The molecule has 0 aromatic heterocycles. The number of anilines is 1. The number of benzene rings is 2. The highest BCUT2D eigenvalue weighted by atomic mass is 16.5. The maximum Gasteiger partial charge on any atom is 0.287 e. The molecule has 2 aromatic rings. The quantitative estimate of drug-likeness (QED) is 0.727. The Hall–Kier alpha value is -2.37. The van der Waals surface area contributed by atoms with Crippen molar-refractivity contribution in [2.45, 2.75) is 6.04 Å². The summed E-state index contributed by atoms with van der Waals surface area (Å²) in [6, 6.07) is 16.7. The van der Waals surface area contributed by atoms with E-state index in [0.29, 0.717) is 18.9 Å². The van der Waals surface area contributed by atoms with E-state index in [1.54, 1.807) is 20.3 Å². The lowest BCUT2D eigenvalue weighted by atomic mass is 10.1. The van der Waals surface area contributed by atoms with Crippen LogP contribution in [0.5, 0.6) is 5.75 Å². The number of ether oxygens (including phenoxy) is 2. The molecule has 0 aliphatic rings. The lowest BCUT2D eigenvalue weighted by molar-refractivity contribution is -0.683. The molecule has 5 nitrogen and oxygen atoms in total. The highest BCUT2D eigenvalue weighted by molar-refractivity contribution is 5.94. The Morgan fingerprint density at radius 3 is 2.61 bits per heavy atom. The second kappa shape index (κ2) is 8.92. The van der Waals surface area contributed by atoms with Crippen molar-refractivity contribution >= 4 is 11.6 Å². The maximum absolute atomic E-state index is 12.7. The van der Waals surface area contributed by atoms with Gasteiger partial charge in [0, 0.05) is 24.4 Å². The minimum absolute atomic E-state index is 0.0689. The van der Waals surface area contributed by atoms with Crippen molar-refractivity contribution in [2.24, 2.45) is 0 Å². The van der Waals surface area contributed by atoms with Gasteiger partial charge in [0.1, 0.15) is 12.3 Å². The van der Waals surface area contributed by atoms with Gasteiger partial charge in [-0.25, -0.2) is 0 Å². The van der Waals surface area contributed by atoms with Gasteiger partial charge in [0.15, 0.2) is 6.04 Å². The van der Waals surface area contributed by atoms with E-state index in [-0.39, 0.29) is 11.9 Å². The van der Waals surface area contributed by atoms with E-state index in [1.165, 1.54) is 0 Å². The molecule has 0 unspecified atom stereocenters. The van der Waals surface area contributed by atoms with Crippen LogP contribution in [0.1, 0.15) is 11.6 Å². The maximum atomic E-state index is 12.7. The predicted molar refractivity (Wildman–Crippen MR) is 89.5 cm³/mol. The third-order valence-electron chi connectivity index (χ3n) is 3.50. The van der Waals surface area contributed by atoms with Gasteiger partial charge in [0.25, 0.3) is 5.91 Å². The minimum atomic E-state index is -0.322. The summed E-state index contributed by atoms with van der Waals surface area (Å²) in [4.78, 5) is 12.7. The summed E-state index contributed by atoms with van der Waals surface area (Å²) in [5, 5.41) is 4.93. The molecule has 0 heterocycles. The molecule has 0 radical (unpaired) electrons. The third kappa shape index (κ3) is 5.09. The van der Waals surface area contributed by atoms with Crippen LogP contribution in [-0.4, -0.2) is 33.3 Å². The summed E-state index contributed by atoms with van der Waals surface area (Å²) in [7, 11) is 3.26. The van der Waals surface area contributed by atoms with E-state index in [1.807, 2.05) is 53.8 Å². The van der Waals surface area contributed by atoms with E-state index in [2.05, 4.69) is 5.32 Å². The molecule has 5 heteroatoms. The van der Waals surface area contributed by atoms with E-state index >= 15 is 0 Å². The Morgan fingerprint density at radius 2 is 1.91 bits per heavy atom. The van der Waals surface area contributed by atoms with Crippen LogP contribution in [0.3, 0.4) is 0 Å². The van der Waals surface area contributed by atoms with Gasteiger partial charge < -0.3 is 20.1 Å². The van der Waals surface area contributed by atoms with Gasteiger partial charge in [-0.1, -0.05) is 36.4 Å². The second-order valence-electron chi connectivity index (χ2n) is 5.13. The van der Waals surface area contributed by atoms with E-state index in [0.717, 1.165) is 11.3 Å². The number of amides is 1. The number of methoxy groups -OCH3 is 2. The Morgan fingerprint density at radius 1 is 1.13 bits per heavy atom. The molecule has 0 bridgehead atoms. The molecule has 0 aliphatic carbocycles. The molecule has 0 saturated heterocycles. The van der Waals surface area contributed by atoms with Crippen LogP contribution in [0.4, 0.5) is 5.69 Å². The molecule has 0 aliphatic heterocycles. The monoisotopic (exact) mass is 315 g/mol. The van der Waals surface area contributed by atoms with Gasteiger partial charge in [0.2, 0.25) is 0 Å². The smallest absolute Gasteiger partial charge is 0.287 e. The fourth-order valence-corrected chi connectivity index (χ4v) is 2.33. The van der Waals surface area contributed by atoms with E-state index in [4.69, 9.17) is 9.47 Å². The number of hydrogen-bond acceptors (Lipinski definition) is 3. The summed E-state index contributed by atoms with van der Waals surface area (Å²) in [6.07, 6.45) is 0. The Labute approximate surface area is 136 Å². The lowest BCUT2D eigenvalue weighted by Gasteiger charge is -2.16. The summed E-state index contributed by atoms with van der Waals surface area (Å²) in [5.74, 6) is 0.642. The van der Waals surface area contributed by atoms with Crippen LogP contribution in [0.15, 0.2) is 54.6 Å².